The van der Waals surface area contributed by atoms with Gasteiger partial charge in [-0.25, -0.2) is 0 Å². The summed E-state index contributed by atoms with van der Waals surface area (Å²) in [5.41, 5.74) is 1.40. The maximum atomic E-state index is 12.3. The van der Waals surface area contributed by atoms with Crippen LogP contribution in [0.3, 0.4) is 0 Å². The molecule has 0 heterocycles. The molecule has 0 unspecified atom stereocenters. The van der Waals surface area contributed by atoms with Gasteiger partial charge in [0.15, 0.2) is 5.11 Å². The van der Waals surface area contributed by atoms with Gasteiger partial charge in [0, 0.05) is 18.3 Å². The maximum absolute atomic E-state index is 12.3. The molecule has 0 saturated carbocycles. The molecular formula is C16H15BrN2O2S. The van der Waals surface area contributed by atoms with Crippen LogP contribution in [0.2, 0.25) is 0 Å². The molecule has 6 heteroatoms. The summed E-state index contributed by atoms with van der Waals surface area (Å²) >= 11 is 8.63. The normalized spacial score (nSPS) is 9.95. The number of halogens is 1. The van der Waals surface area contributed by atoms with Crippen LogP contribution < -0.4 is 15.0 Å². The lowest BCUT2D eigenvalue weighted by molar-refractivity contribution is 0.0977. The van der Waals surface area contributed by atoms with Gasteiger partial charge in [0.25, 0.3) is 5.91 Å². The number of nitrogens with zero attached hydrogens (tertiary/aromatic N) is 1. The first-order valence-corrected chi connectivity index (χ1v) is 7.70. The molecule has 114 valence electrons. The molecule has 0 spiro atoms. The van der Waals surface area contributed by atoms with E-state index in [9.17, 15) is 4.79 Å². The minimum absolute atomic E-state index is 0.267. The largest absolute Gasteiger partial charge is 0.496 e. The molecule has 0 aliphatic rings. The number of anilines is 1. The van der Waals surface area contributed by atoms with Crippen molar-refractivity contribution in [1.29, 1.82) is 0 Å². The molecule has 0 saturated heterocycles. The fourth-order valence-electron chi connectivity index (χ4n) is 1.83. The van der Waals surface area contributed by atoms with E-state index in [2.05, 4.69) is 21.2 Å². The Bertz CT molecular complexity index is 692. The van der Waals surface area contributed by atoms with Crippen molar-refractivity contribution >= 4 is 44.9 Å². The SMILES string of the molecule is COc1ccc(C(=O)NC(=S)N(C)c2ccccc2)cc1Br. The van der Waals surface area contributed by atoms with E-state index in [0.717, 1.165) is 5.69 Å². The lowest BCUT2D eigenvalue weighted by Gasteiger charge is -2.20. The van der Waals surface area contributed by atoms with Gasteiger partial charge in [-0.15, -0.1) is 0 Å². The Hall–Kier alpha value is -1.92. The van der Waals surface area contributed by atoms with Crippen molar-refractivity contribution in [3.63, 3.8) is 0 Å². The Morgan fingerprint density at radius 3 is 2.50 bits per heavy atom. The number of amides is 1. The molecule has 2 aromatic rings. The third kappa shape index (κ3) is 3.84. The summed E-state index contributed by atoms with van der Waals surface area (Å²) in [6, 6.07) is 14.7. The van der Waals surface area contributed by atoms with Gasteiger partial charge in [-0.2, -0.15) is 0 Å². The molecule has 1 amide bonds. The zero-order chi connectivity index (χ0) is 16.1. The van der Waals surface area contributed by atoms with E-state index in [1.807, 2.05) is 37.4 Å². The summed E-state index contributed by atoms with van der Waals surface area (Å²) in [5.74, 6) is 0.400. The highest BCUT2D eigenvalue weighted by molar-refractivity contribution is 9.10. The number of para-hydroxylation sites is 1. The second kappa shape index (κ2) is 7.38. The number of carbonyl (C=O) groups excluding carboxylic acids is 1. The third-order valence-corrected chi connectivity index (χ3v) is 4.08. The number of benzene rings is 2. The molecule has 0 aliphatic heterocycles. The number of hydrogen-bond donors (Lipinski definition) is 1. The third-order valence-electron chi connectivity index (χ3n) is 3.08. The van der Waals surface area contributed by atoms with E-state index < -0.39 is 0 Å². The second-order valence-electron chi connectivity index (χ2n) is 4.50. The van der Waals surface area contributed by atoms with E-state index in [-0.39, 0.29) is 5.91 Å². The monoisotopic (exact) mass is 378 g/mol. The molecule has 4 nitrogen and oxygen atoms in total. The van der Waals surface area contributed by atoms with Crippen LogP contribution in [0.4, 0.5) is 5.69 Å². The van der Waals surface area contributed by atoms with Crippen LogP contribution >= 0.6 is 28.1 Å². The average molecular weight is 379 g/mol. The molecule has 2 rings (SSSR count). The number of rotatable bonds is 3. The number of ether oxygens (including phenoxy) is 1. The summed E-state index contributed by atoms with van der Waals surface area (Å²) in [7, 11) is 3.38. The van der Waals surface area contributed by atoms with E-state index in [1.54, 1.807) is 30.2 Å². The van der Waals surface area contributed by atoms with Crippen molar-refractivity contribution in [2.75, 3.05) is 19.1 Å². The fraction of sp³-hybridized carbons (Fsp3) is 0.125. The number of methoxy groups -OCH3 is 1. The van der Waals surface area contributed by atoms with Gasteiger partial charge < -0.3 is 9.64 Å². The molecule has 0 radical (unpaired) electrons. The molecule has 22 heavy (non-hydrogen) atoms. The molecular weight excluding hydrogens is 364 g/mol. The van der Waals surface area contributed by atoms with Gasteiger partial charge in [0.05, 0.1) is 11.6 Å². The summed E-state index contributed by atoms with van der Waals surface area (Å²) < 4.78 is 5.86. The van der Waals surface area contributed by atoms with Crippen LogP contribution in [0.25, 0.3) is 0 Å². The first-order valence-electron chi connectivity index (χ1n) is 6.50. The van der Waals surface area contributed by atoms with Gasteiger partial charge >= 0.3 is 0 Å². The Morgan fingerprint density at radius 2 is 1.91 bits per heavy atom. The summed E-state index contributed by atoms with van der Waals surface area (Å²) in [5, 5.41) is 3.05. The highest BCUT2D eigenvalue weighted by Gasteiger charge is 2.13. The van der Waals surface area contributed by atoms with Crippen LogP contribution in [0.5, 0.6) is 5.75 Å². The molecule has 0 aromatic heterocycles. The Labute approximate surface area is 143 Å². The summed E-state index contributed by atoms with van der Waals surface area (Å²) in [6.45, 7) is 0. The van der Waals surface area contributed by atoms with E-state index in [4.69, 9.17) is 17.0 Å². The van der Waals surface area contributed by atoms with Crippen LogP contribution in [-0.2, 0) is 0 Å². The van der Waals surface area contributed by atoms with Gasteiger partial charge in [0.2, 0.25) is 0 Å². The average Bonchev–Trinajstić information content (AvgIpc) is 2.54. The number of thiocarbonyl (C=S) groups is 1. The van der Waals surface area contributed by atoms with Gasteiger partial charge in [-0.1, -0.05) is 18.2 Å². The van der Waals surface area contributed by atoms with Crippen LogP contribution in [-0.4, -0.2) is 25.2 Å². The molecule has 0 aliphatic carbocycles. The van der Waals surface area contributed by atoms with Crippen LogP contribution in [0.1, 0.15) is 10.4 Å². The Balaban J connectivity index is 2.08. The first-order chi connectivity index (χ1) is 10.5. The van der Waals surface area contributed by atoms with Gasteiger partial charge in [0.1, 0.15) is 5.75 Å². The van der Waals surface area contributed by atoms with Crippen molar-refractivity contribution in [3.8, 4) is 5.75 Å². The zero-order valence-electron chi connectivity index (χ0n) is 12.2. The lowest BCUT2D eigenvalue weighted by atomic mass is 10.2. The number of carbonyl (C=O) groups is 1. The van der Waals surface area contributed by atoms with Crippen molar-refractivity contribution < 1.29 is 9.53 Å². The maximum Gasteiger partial charge on any atom is 0.257 e. The highest BCUT2D eigenvalue weighted by Crippen LogP contribution is 2.25. The predicted octanol–water partition coefficient (Wildman–Crippen LogP) is 3.61. The van der Waals surface area contributed by atoms with E-state index in [0.29, 0.717) is 20.9 Å². The Morgan fingerprint density at radius 1 is 1.23 bits per heavy atom. The number of hydrogen-bond acceptors (Lipinski definition) is 3. The van der Waals surface area contributed by atoms with Crippen molar-refractivity contribution in [2.24, 2.45) is 0 Å². The Kier molecular flexibility index (Phi) is 5.51. The van der Waals surface area contributed by atoms with E-state index in [1.165, 1.54) is 0 Å². The minimum Gasteiger partial charge on any atom is -0.496 e. The summed E-state index contributed by atoms with van der Waals surface area (Å²) in [6.07, 6.45) is 0. The van der Waals surface area contributed by atoms with Crippen molar-refractivity contribution in [1.82, 2.24) is 5.32 Å². The molecule has 1 N–H and O–H groups in total. The lowest BCUT2D eigenvalue weighted by Crippen LogP contribution is -2.40. The van der Waals surface area contributed by atoms with Crippen LogP contribution in [0.15, 0.2) is 53.0 Å². The smallest absolute Gasteiger partial charge is 0.257 e. The fourth-order valence-corrected chi connectivity index (χ4v) is 2.57. The minimum atomic E-state index is -0.267. The molecule has 2 aromatic carbocycles. The predicted molar refractivity (Wildman–Crippen MR) is 95.6 cm³/mol. The van der Waals surface area contributed by atoms with Crippen molar-refractivity contribution in [3.05, 3.63) is 58.6 Å². The van der Waals surface area contributed by atoms with E-state index >= 15 is 0 Å². The molecule has 0 bridgehead atoms. The van der Waals surface area contributed by atoms with Crippen LogP contribution in [0, 0.1) is 0 Å². The highest BCUT2D eigenvalue weighted by atomic mass is 79.9. The standard InChI is InChI=1S/C16H15BrN2O2S/c1-19(12-6-4-3-5-7-12)16(22)18-15(20)11-8-9-14(21-2)13(17)10-11/h3-10H,1-2H3,(H,18,20,22). The second-order valence-corrected chi connectivity index (χ2v) is 5.74. The quantitative estimate of drug-likeness (QED) is 0.828. The van der Waals surface area contributed by atoms with Gasteiger partial charge in [-0.05, 0) is 58.5 Å². The molecule has 0 fully saturated rings. The summed E-state index contributed by atoms with van der Waals surface area (Å²) in [4.78, 5) is 14.0. The first kappa shape index (κ1) is 16.5. The van der Waals surface area contributed by atoms with Crippen molar-refractivity contribution in [2.45, 2.75) is 0 Å². The molecule has 0 atom stereocenters. The zero-order valence-corrected chi connectivity index (χ0v) is 14.6. The number of nitrogens with one attached hydrogen (secondary N) is 1. The van der Waals surface area contributed by atoms with Gasteiger partial charge in [-0.3, -0.25) is 10.1 Å². The topological polar surface area (TPSA) is 41.6 Å².